The van der Waals surface area contributed by atoms with Crippen LogP contribution in [0.4, 0.5) is 0 Å². The third-order valence-electron chi connectivity index (χ3n) is 3.24. The summed E-state index contributed by atoms with van der Waals surface area (Å²) < 4.78 is 4.65. The Morgan fingerprint density at radius 1 is 1.20 bits per heavy atom. The fraction of sp³-hybridized carbons (Fsp3) is 0.643. The van der Waals surface area contributed by atoms with Crippen molar-refractivity contribution in [1.82, 2.24) is 9.80 Å². The van der Waals surface area contributed by atoms with Gasteiger partial charge in [-0.25, -0.2) is 4.79 Å². The molecule has 0 aromatic heterocycles. The molecule has 20 heavy (non-hydrogen) atoms. The summed E-state index contributed by atoms with van der Waals surface area (Å²) >= 11 is 0. The lowest BCUT2D eigenvalue weighted by molar-refractivity contribution is -0.149. The monoisotopic (exact) mass is 282 g/mol. The molecule has 0 N–H and O–H groups in total. The molecule has 6 nitrogen and oxygen atoms in total. The highest BCUT2D eigenvalue weighted by Crippen LogP contribution is 2.08. The Hall–Kier alpha value is -1.85. The Morgan fingerprint density at radius 3 is 2.35 bits per heavy atom. The van der Waals surface area contributed by atoms with E-state index in [1.165, 1.54) is 12.0 Å². The van der Waals surface area contributed by atoms with Crippen LogP contribution in [0, 0.1) is 0 Å². The van der Waals surface area contributed by atoms with Crippen LogP contribution in [0.15, 0.2) is 11.6 Å². The lowest BCUT2D eigenvalue weighted by Crippen LogP contribution is -2.53. The van der Waals surface area contributed by atoms with Crippen molar-refractivity contribution in [2.24, 2.45) is 0 Å². The lowest BCUT2D eigenvalue weighted by atomic mass is 10.2. The molecular formula is C14H22N2O4. The van der Waals surface area contributed by atoms with E-state index in [1.54, 1.807) is 11.0 Å². The van der Waals surface area contributed by atoms with Crippen LogP contribution in [0.3, 0.4) is 0 Å². The molecule has 1 aliphatic heterocycles. The zero-order valence-electron chi connectivity index (χ0n) is 12.3. The average molecular weight is 282 g/mol. The number of esters is 1. The molecule has 1 fully saturated rings. The summed E-state index contributed by atoms with van der Waals surface area (Å²) in [6.45, 7) is 4.89. The van der Waals surface area contributed by atoms with Crippen molar-refractivity contribution < 1.29 is 19.1 Å². The molecule has 1 heterocycles. The molecular weight excluding hydrogens is 260 g/mol. The first kappa shape index (κ1) is 16.2. The van der Waals surface area contributed by atoms with Crippen LogP contribution in [0.25, 0.3) is 0 Å². The maximum atomic E-state index is 12.0. The van der Waals surface area contributed by atoms with Crippen LogP contribution in [-0.2, 0) is 19.1 Å². The molecule has 0 spiro atoms. The molecule has 0 atom stereocenters. The van der Waals surface area contributed by atoms with Gasteiger partial charge in [0.1, 0.15) is 6.54 Å². The van der Waals surface area contributed by atoms with Crippen LogP contribution in [0.5, 0.6) is 0 Å². The third-order valence-corrected chi connectivity index (χ3v) is 3.24. The number of hydrogen-bond acceptors (Lipinski definition) is 4. The SMILES string of the molecule is CCCN1CC(=O)N(C/C=C(/CC)C(=O)OC)CC1=O. The zero-order chi connectivity index (χ0) is 15.1. The molecule has 1 rings (SSSR count). The number of piperazine rings is 1. The Morgan fingerprint density at radius 2 is 1.80 bits per heavy atom. The molecule has 2 amide bonds. The zero-order valence-corrected chi connectivity index (χ0v) is 12.3. The predicted octanol–water partition coefficient (Wildman–Crippen LogP) is 0.577. The molecule has 0 aromatic carbocycles. The van der Waals surface area contributed by atoms with Gasteiger partial charge in [-0.15, -0.1) is 0 Å². The van der Waals surface area contributed by atoms with Crippen LogP contribution in [0.1, 0.15) is 26.7 Å². The van der Waals surface area contributed by atoms with Crippen molar-refractivity contribution in [1.29, 1.82) is 0 Å². The number of nitrogens with zero attached hydrogens (tertiary/aromatic N) is 2. The van der Waals surface area contributed by atoms with Crippen LogP contribution < -0.4 is 0 Å². The van der Waals surface area contributed by atoms with Crippen LogP contribution in [-0.4, -0.2) is 60.9 Å². The number of rotatable bonds is 6. The Bertz CT molecular complexity index is 417. The van der Waals surface area contributed by atoms with Crippen LogP contribution in [0.2, 0.25) is 0 Å². The van der Waals surface area contributed by atoms with Crippen molar-refractivity contribution in [3.8, 4) is 0 Å². The van der Waals surface area contributed by atoms with E-state index in [0.29, 0.717) is 18.5 Å². The number of hydrogen-bond donors (Lipinski definition) is 0. The van der Waals surface area contributed by atoms with Gasteiger partial charge in [0, 0.05) is 18.7 Å². The highest BCUT2D eigenvalue weighted by molar-refractivity contribution is 5.93. The number of carbonyl (C=O) groups is 3. The van der Waals surface area contributed by atoms with E-state index in [-0.39, 0.29) is 31.4 Å². The minimum atomic E-state index is -0.393. The van der Waals surface area contributed by atoms with E-state index in [1.807, 2.05) is 13.8 Å². The van der Waals surface area contributed by atoms with Crippen LogP contribution >= 0.6 is 0 Å². The number of methoxy groups -OCH3 is 1. The first-order valence-electron chi connectivity index (χ1n) is 6.86. The molecule has 0 bridgehead atoms. The van der Waals surface area contributed by atoms with Crippen molar-refractivity contribution in [3.63, 3.8) is 0 Å². The van der Waals surface area contributed by atoms with E-state index in [4.69, 9.17) is 0 Å². The normalized spacial score (nSPS) is 16.6. The molecule has 0 aromatic rings. The molecule has 1 saturated heterocycles. The second kappa shape index (κ2) is 7.67. The summed E-state index contributed by atoms with van der Waals surface area (Å²) in [7, 11) is 1.32. The fourth-order valence-corrected chi connectivity index (χ4v) is 2.07. The van der Waals surface area contributed by atoms with Crippen molar-refractivity contribution in [3.05, 3.63) is 11.6 Å². The maximum Gasteiger partial charge on any atom is 0.333 e. The van der Waals surface area contributed by atoms with Crippen molar-refractivity contribution in [2.75, 3.05) is 33.3 Å². The van der Waals surface area contributed by atoms with E-state index in [9.17, 15) is 14.4 Å². The average Bonchev–Trinajstić information content (AvgIpc) is 2.44. The molecule has 6 heteroatoms. The van der Waals surface area contributed by atoms with E-state index >= 15 is 0 Å². The minimum absolute atomic E-state index is 0.0454. The second-order valence-electron chi connectivity index (χ2n) is 4.66. The number of amides is 2. The topological polar surface area (TPSA) is 66.9 Å². The molecule has 0 aliphatic carbocycles. The Balaban J connectivity index is 2.65. The molecule has 112 valence electrons. The fourth-order valence-electron chi connectivity index (χ4n) is 2.07. The van der Waals surface area contributed by atoms with Gasteiger partial charge in [-0.1, -0.05) is 19.9 Å². The van der Waals surface area contributed by atoms with Gasteiger partial charge in [0.15, 0.2) is 0 Å². The summed E-state index contributed by atoms with van der Waals surface area (Å²) in [6.07, 6.45) is 3.03. The smallest absolute Gasteiger partial charge is 0.333 e. The molecule has 0 radical (unpaired) electrons. The summed E-state index contributed by atoms with van der Waals surface area (Å²) in [5, 5.41) is 0. The third kappa shape index (κ3) is 4.08. The van der Waals surface area contributed by atoms with Crippen molar-refractivity contribution in [2.45, 2.75) is 26.7 Å². The van der Waals surface area contributed by atoms with E-state index in [2.05, 4.69) is 4.74 Å². The first-order valence-corrected chi connectivity index (χ1v) is 6.86. The van der Waals surface area contributed by atoms with Gasteiger partial charge < -0.3 is 14.5 Å². The first-order chi connectivity index (χ1) is 9.53. The number of ether oxygens (including phenoxy) is 1. The summed E-state index contributed by atoms with van der Waals surface area (Å²) in [5.41, 5.74) is 0.517. The van der Waals surface area contributed by atoms with Gasteiger partial charge in [-0.3, -0.25) is 9.59 Å². The lowest BCUT2D eigenvalue weighted by Gasteiger charge is -2.33. The van der Waals surface area contributed by atoms with Gasteiger partial charge >= 0.3 is 5.97 Å². The second-order valence-corrected chi connectivity index (χ2v) is 4.66. The quantitative estimate of drug-likeness (QED) is 0.528. The molecule has 0 unspecified atom stereocenters. The largest absolute Gasteiger partial charge is 0.466 e. The summed E-state index contributed by atoms with van der Waals surface area (Å²) in [6, 6.07) is 0. The highest BCUT2D eigenvalue weighted by Gasteiger charge is 2.28. The van der Waals surface area contributed by atoms with Gasteiger partial charge in [0.05, 0.1) is 13.7 Å². The van der Waals surface area contributed by atoms with Gasteiger partial charge in [0.25, 0.3) is 0 Å². The Labute approximate surface area is 119 Å². The van der Waals surface area contributed by atoms with E-state index < -0.39 is 5.97 Å². The Kier molecular flexibility index (Phi) is 6.21. The van der Waals surface area contributed by atoms with Crippen molar-refractivity contribution >= 4 is 17.8 Å². The maximum absolute atomic E-state index is 12.0. The summed E-state index contributed by atoms with van der Waals surface area (Å²) in [5.74, 6) is -0.526. The van der Waals surface area contributed by atoms with Gasteiger partial charge in [0.2, 0.25) is 11.8 Å². The minimum Gasteiger partial charge on any atom is -0.466 e. The predicted molar refractivity (Wildman–Crippen MR) is 73.8 cm³/mol. The molecule has 1 aliphatic rings. The summed E-state index contributed by atoms with van der Waals surface area (Å²) in [4.78, 5) is 38.3. The standard InChI is InChI=1S/C14H22N2O4/c1-4-7-15-9-13(18)16(10-12(15)17)8-6-11(5-2)14(19)20-3/h6H,4-5,7-10H2,1-3H3/b11-6-. The van der Waals surface area contributed by atoms with Gasteiger partial charge in [-0.05, 0) is 12.8 Å². The molecule has 0 saturated carbocycles. The highest BCUT2D eigenvalue weighted by atomic mass is 16.5. The van der Waals surface area contributed by atoms with Gasteiger partial charge in [-0.2, -0.15) is 0 Å². The number of carbonyl (C=O) groups excluding carboxylic acids is 3. The van der Waals surface area contributed by atoms with E-state index in [0.717, 1.165) is 6.42 Å².